The molecule has 1 rings (SSSR count). The lowest BCUT2D eigenvalue weighted by Gasteiger charge is -2.06. The van der Waals surface area contributed by atoms with Crippen LogP contribution in [0.1, 0.15) is 6.42 Å². The Balaban J connectivity index is 2.85. The first-order chi connectivity index (χ1) is 9.38. The van der Waals surface area contributed by atoms with Crippen molar-refractivity contribution in [2.24, 2.45) is 5.11 Å². The van der Waals surface area contributed by atoms with Gasteiger partial charge in [-0.15, -0.1) is 0 Å². The molecule has 10 nitrogen and oxygen atoms in total. The van der Waals surface area contributed by atoms with Crippen LogP contribution in [0.2, 0.25) is 0 Å². The molecule has 0 fully saturated rings. The van der Waals surface area contributed by atoms with E-state index in [1.165, 1.54) is 0 Å². The molecule has 108 valence electrons. The number of hydrogen-bond donors (Lipinski definition) is 2. The van der Waals surface area contributed by atoms with E-state index in [4.69, 9.17) is 5.53 Å². The maximum atomic E-state index is 11.8. The molecule has 0 heterocycles. The number of phenols is 1. The molecule has 0 saturated heterocycles. The summed E-state index contributed by atoms with van der Waals surface area (Å²) in [7, 11) is -3.92. The van der Waals surface area contributed by atoms with Crippen LogP contribution < -0.4 is 4.72 Å². The maximum Gasteiger partial charge on any atom is 0.312 e. The molecule has 0 aliphatic rings. The number of sulfonamides is 1. The quantitative estimate of drug-likeness (QED) is 0.193. The summed E-state index contributed by atoms with van der Waals surface area (Å²) >= 11 is 0. The Bertz CT molecular complexity index is 653. The number of hydrogen-bond acceptors (Lipinski definition) is 6. The van der Waals surface area contributed by atoms with Crippen LogP contribution in [0, 0.1) is 10.1 Å². The van der Waals surface area contributed by atoms with Crippen LogP contribution in [0.5, 0.6) is 5.75 Å². The van der Waals surface area contributed by atoms with Crippen LogP contribution in [-0.4, -0.2) is 31.5 Å². The van der Waals surface area contributed by atoms with E-state index in [0.717, 1.165) is 18.2 Å². The summed E-state index contributed by atoms with van der Waals surface area (Å²) in [5, 5.41) is 23.1. The summed E-state index contributed by atoms with van der Waals surface area (Å²) in [4.78, 5) is 11.9. The summed E-state index contributed by atoms with van der Waals surface area (Å²) in [6.07, 6.45) is 0.295. The Morgan fingerprint density at radius 1 is 1.50 bits per heavy atom. The minimum absolute atomic E-state index is 0.0238. The Morgan fingerprint density at radius 2 is 2.20 bits per heavy atom. The Labute approximate surface area is 113 Å². The van der Waals surface area contributed by atoms with Crippen LogP contribution in [0.4, 0.5) is 5.69 Å². The van der Waals surface area contributed by atoms with Crippen molar-refractivity contribution < 1.29 is 18.4 Å². The molecule has 1 aromatic carbocycles. The van der Waals surface area contributed by atoms with Crippen LogP contribution in [0.15, 0.2) is 28.2 Å². The van der Waals surface area contributed by atoms with Gasteiger partial charge in [-0.1, -0.05) is 5.11 Å². The van der Waals surface area contributed by atoms with Crippen molar-refractivity contribution in [3.05, 3.63) is 38.8 Å². The van der Waals surface area contributed by atoms with Gasteiger partial charge in [0.2, 0.25) is 10.0 Å². The maximum absolute atomic E-state index is 11.8. The molecule has 2 N–H and O–H groups in total. The minimum Gasteiger partial charge on any atom is -0.502 e. The van der Waals surface area contributed by atoms with Crippen LogP contribution in [-0.2, 0) is 10.0 Å². The first-order valence-electron chi connectivity index (χ1n) is 5.36. The summed E-state index contributed by atoms with van der Waals surface area (Å²) in [5.41, 5.74) is 7.35. The predicted octanol–water partition coefficient (Wildman–Crippen LogP) is 1.28. The van der Waals surface area contributed by atoms with Crippen LogP contribution in [0.25, 0.3) is 10.4 Å². The number of nitro groups is 1. The van der Waals surface area contributed by atoms with Crippen molar-refractivity contribution >= 4 is 15.7 Å². The molecule has 11 heteroatoms. The van der Waals surface area contributed by atoms with Crippen molar-refractivity contribution in [2.45, 2.75) is 11.3 Å². The van der Waals surface area contributed by atoms with Gasteiger partial charge in [-0.25, -0.2) is 13.1 Å². The highest BCUT2D eigenvalue weighted by Crippen LogP contribution is 2.27. The smallest absolute Gasteiger partial charge is 0.312 e. The third-order valence-corrected chi connectivity index (χ3v) is 3.70. The third-order valence-electron chi connectivity index (χ3n) is 2.24. The van der Waals surface area contributed by atoms with E-state index >= 15 is 0 Å². The number of nitrogens with zero attached hydrogens (tertiary/aromatic N) is 4. The molecule has 0 bridgehead atoms. The van der Waals surface area contributed by atoms with Gasteiger partial charge in [0.25, 0.3) is 0 Å². The van der Waals surface area contributed by atoms with Gasteiger partial charge < -0.3 is 5.11 Å². The normalized spacial score (nSPS) is 10.8. The fourth-order valence-corrected chi connectivity index (χ4v) is 2.39. The van der Waals surface area contributed by atoms with Crippen LogP contribution in [0.3, 0.4) is 0 Å². The van der Waals surface area contributed by atoms with Crippen molar-refractivity contribution in [3.63, 3.8) is 0 Å². The second-order valence-corrected chi connectivity index (χ2v) is 5.38. The average molecular weight is 301 g/mol. The van der Waals surface area contributed by atoms with Gasteiger partial charge in [0.05, 0.1) is 9.82 Å². The molecule has 0 radical (unpaired) electrons. The molecule has 20 heavy (non-hydrogen) atoms. The van der Waals surface area contributed by atoms with Gasteiger partial charge in [0, 0.05) is 24.1 Å². The fraction of sp³-hybridized carbons (Fsp3) is 0.333. The van der Waals surface area contributed by atoms with Crippen molar-refractivity contribution in [3.8, 4) is 5.75 Å². The topological polar surface area (TPSA) is 158 Å². The summed E-state index contributed by atoms with van der Waals surface area (Å²) in [5.74, 6) is -0.614. The fourth-order valence-electron chi connectivity index (χ4n) is 1.30. The van der Waals surface area contributed by atoms with E-state index in [1.54, 1.807) is 0 Å². The lowest BCUT2D eigenvalue weighted by molar-refractivity contribution is -0.386. The number of nitro benzene ring substituents is 1. The summed E-state index contributed by atoms with van der Waals surface area (Å²) in [6.45, 7) is 0.158. The lowest BCUT2D eigenvalue weighted by Crippen LogP contribution is -2.25. The second kappa shape index (κ2) is 6.70. The SMILES string of the molecule is [N-]=[N+]=NCCCNS(=O)(=O)c1ccc(O)c([N+](=O)[O-])c1. The minimum atomic E-state index is -3.92. The zero-order valence-corrected chi connectivity index (χ0v) is 10.9. The average Bonchev–Trinajstić information content (AvgIpc) is 2.38. The van der Waals surface area contributed by atoms with Gasteiger partial charge in [0.15, 0.2) is 5.75 Å². The molecule has 0 aromatic heterocycles. The first-order valence-corrected chi connectivity index (χ1v) is 6.84. The zero-order chi connectivity index (χ0) is 15.2. The molecule has 1 aromatic rings. The molecule has 0 amide bonds. The molecule has 0 saturated carbocycles. The monoisotopic (exact) mass is 301 g/mol. The number of phenolic OH excluding ortho intramolecular Hbond substituents is 1. The molecule has 0 unspecified atom stereocenters. The Hall–Kier alpha value is -2.36. The van der Waals surface area contributed by atoms with E-state index in [0.29, 0.717) is 6.42 Å². The van der Waals surface area contributed by atoms with E-state index in [2.05, 4.69) is 14.7 Å². The van der Waals surface area contributed by atoms with Crippen molar-refractivity contribution in [1.82, 2.24) is 4.72 Å². The molecular weight excluding hydrogens is 290 g/mol. The highest BCUT2D eigenvalue weighted by molar-refractivity contribution is 7.89. The van der Waals surface area contributed by atoms with Gasteiger partial charge in [0.1, 0.15) is 0 Å². The van der Waals surface area contributed by atoms with Crippen molar-refractivity contribution in [1.29, 1.82) is 0 Å². The van der Waals surface area contributed by atoms with E-state index in [-0.39, 0.29) is 18.0 Å². The number of nitrogens with one attached hydrogen (secondary N) is 1. The second-order valence-electron chi connectivity index (χ2n) is 3.61. The van der Waals surface area contributed by atoms with Gasteiger partial charge in [-0.2, -0.15) is 0 Å². The Kier molecular flexibility index (Phi) is 5.26. The number of benzene rings is 1. The van der Waals surface area contributed by atoms with Gasteiger partial charge in [-0.3, -0.25) is 10.1 Å². The Morgan fingerprint density at radius 3 is 2.80 bits per heavy atom. The highest BCUT2D eigenvalue weighted by atomic mass is 32.2. The zero-order valence-electron chi connectivity index (χ0n) is 10.1. The van der Waals surface area contributed by atoms with Crippen molar-refractivity contribution in [2.75, 3.05) is 13.1 Å². The van der Waals surface area contributed by atoms with Gasteiger partial charge in [-0.05, 0) is 24.1 Å². The van der Waals surface area contributed by atoms with Gasteiger partial charge >= 0.3 is 5.69 Å². The molecule has 0 aliphatic carbocycles. The largest absolute Gasteiger partial charge is 0.502 e. The predicted molar refractivity (Wildman–Crippen MR) is 68.6 cm³/mol. The first kappa shape index (κ1) is 15.7. The van der Waals surface area contributed by atoms with E-state index in [9.17, 15) is 23.6 Å². The molecular formula is C9H11N5O5S. The van der Waals surface area contributed by atoms with Crippen LogP contribution >= 0.6 is 0 Å². The lowest BCUT2D eigenvalue weighted by atomic mass is 10.3. The molecule has 0 aliphatic heterocycles. The standard InChI is InChI=1S/C9H11N5O5S/c10-13-11-4-1-5-12-20(18,19)7-2-3-9(15)8(6-7)14(16)17/h2-3,6,12,15H,1,4-5H2. The van der Waals surface area contributed by atoms with E-state index in [1.807, 2.05) is 0 Å². The third kappa shape index (κ3) is 4.09. The number of rotatable bonds is 7. The highest BCUT2D eigenvalue weighted by Gasteiger charge is 2.20. The molecule has 0 spiro atoms. The number of azide groups is 1. The van der Waals surface area contributed by atoms with E-state index < -0.39 is 26.4 Å². The summed E-state index contributed by atoms with van der Waals surface area (Å²) < 4.78 is 25.9. The number of aromatic hydroxyl groups is 1. The molecule has 0 atom stereocenters. The summed E-state index contributed by atoms with van der Waals surface area (Å²) in [6, 6.07) is 2.76.